The Morgan fingerprint density at radius 3 is 2.11 bits per heavy atom. The van der Waals surface area contributed by atoms with E-state index in [0.29, 0.717) is 27.4 Å². The van der Waals surface area contributed by atoms with Crippen molar-refractivity contribution >= 4 is 47.4 Å². The number of hydrogen-bond donors (Lipinski definition) is 1. The predicted molar refractivity (Wildman–Crippen MR) is 83.8 cm³/mol. The zero-order chi connectivity index (χ0) is 13.8. The Bertz CT molecular complexity index is 397. The molecule has 0 saturated carbocycles. The van der Waals surface area contributed by atoms with E-state index in [1.54, 1.807) is 12.1 Å². The average molecular weight is 328 g/mol. The van der Waals surface area contributed by atoms with Crippen LogP contribution in [0.3, 0.4) is 0 Å². The monoisotopic (exact) mass is 326 g/mol. The molecule has 5 heteroatoms. The molecule has 18 heavy (non-hydrogen) atoms. The first kappa shape index (κ1) is 16.3. The summed E-state index contributed by atoms with van der Waals surface area (Å²) in [4.78, 5) is 0. The molecule has 1 rings (SSSR count). The Hall–Kier alpha value is 0.240. The first-order valence-corrected chi connectivity index (χ1v) is 7.63. The van der Waals surface area contributed by atoms with Crippen LogP contribution in [0.1, 0.15) is 26.7 Å². The molecule has 0 saturated heterocycles. The van der Waals surface area contributed by atoms with Crippen molar-refractivity contribution in [3.05, 3.63) is 27.2 Å². The highest BCUT2D eigenvalue weighted by molar-refractivity contribution is 7.80. The summed E-state index contributed by atoms with van der Waals surface area (Å²) in [5.74, 6) is 1.35. The number of halogens is 3. The predicted octanol–water partition coefficient (Wildman–Crippen LogP) is 5.76. The molecule has 0 bridgehead atoms. The van der Waals surface area contributed by atoms with E-state index in [9.17, 15) is 0 Å². The van der Waals surface area contributed by atoms with Gasteiger partial charge < -0.3 is 4.74 Å². The van der Waals surface area contributed by atoms with Crippen LogP contribution in [0.5, 0.6) is 5.75 Å². The maximum absolute atomic E-state index is 6.07. The largest absolute Gasteiger partial charge is 0.491 e. The summed E-state index contributed by atoms with van der Waals surface area (Å²) in [5.41, 5.74) is 0.0680. The van der Waals surface area contributed by atoms with Crippen LogP contribution in [0, 0.1) is 5.41 Å². The summed E-state index contributed by atoms with van der Waals surface area (Å²) in [6.07, 6.45) is 2.01. The maximum Gasteiger partial charge on any atom is 0.139 e. The quantitative estimate of drug-likeness (QED) is 0.516. The smallest absolute Gasteiger partial charge is 0.139 e. The molecule has 0 N–H and O–H groups in total. The Balaban J connectivity index is 2.83. The van der Waals surface area contributed by atoms with Crippen molar-refractivity contribution in [1.82, 2.24) is 0 Å². The Morgan fingerprint density at radius 1 is 1.06 bits per heavy atom. The highest BCUT2D eigenvalue weighted by Gasteiger charge is 2.26. The molecule has 0 aliphatic rings. The number of benzene rings is 1. The molecule has 1 nitrogen and oxygen atoms in total. The van der Waals surface area contributed by atoms with Crippen LogP contribution in [0.25, 0.3) is 0 Å². The van der Waals surface area contributed by atoms with E-state index in [-0.39, 0.29) is 5.41 Å². The molecule has 0 aromatic heterocycles. The molecule has 0 heterocycles. The van der Waals surface area contributed by atoms with Crippen molar-refractivity contribution in [2.75, 3.05) is 12.4 Å². The fraction of sp³-hybridized carbons (Fsp3) is 0.538. The lowest BCUT2D eigenvalue weighted by atomic mass is 9.85. The van der Waals surface area contributed by atoms with Crippen LogP contribution in [0.15, 0.2) is 12.1 Å². The van der Waals surface area contributed by atoms with E-state index < -0.39 is 0 Å². The van der Waals surface area contributed by atoms with Gasteiger partial charge in [-0.1, -0.05) is 48.7 Å². The fourth-order valence-corrected chi connectivity index (χ4v) is 2.70. The zero-order valence-corrected chi connectivity index (χ0v) is 13.6. The third kappa shape index (κ3) is 3.86. The standard InChI is InChI=1S/C13H17Cl3OS/c1-3-13(4-2,8-18)7-17-12-6-10(15)9(14)5-11(12)16/h5-6,18H,3-4,7-8H2,1-2H3. The summed E-state index contributed by atoms with van der Waals surface area (Å²) >= 11 is 22.3. The van der Waals surface area contributed by atoms with E-state index in [2.05, 4.69) is 26.5 Å². The van der Waals surface area contributed by atoms with Crippen LogP contribution in [0.2, 0.25) is 15.1 Å². The van der Waals surface area contributed by atoms with Crippen LogP contribution in [-0.4, -0.2) is 12.4 Å². The van der Waals surface area contributed by atoms with Gasteiger partial charge in [0, 0.05) is 11.5 Å². The molecule has 0 unspecified atom stereocenters. The molecule has 0 aliphatic carbocycles. The molecule has 1 aromatic carbocycles. The SMILES string of the molecule is CCC(CC)(CS)COc1cc(Cl)c(Cl)cc1Cl. The van der Waals surface area contributed by atoms with Gasteiger partial charge in [-0.15, -0.1) is 0 Å². The molecular weight excluding hydrogens is 311 g/mol. The lowest BCUT2D eigenvalue weighted by Crippen LogP contribution is -2.29. The lowest BCUT2D eigenvalue weighted by Gasteiger charge is -2.29. The van der Waals surface area contributed by atoms with Crippen LogP contribution in [-0.2, 0) is 0 Å². The van der Waals surface area contributed by atoms with Gasteiger partial charge in [-0.2, -0.15) is 12.6 Å². The molecule has 0 spiro atoms. The molecule has 0 fully saturated rings. The third-order valence-electron chi connectivity index (χ3n) is 3.34. The topological polar surface area (TPSA) is 9.23 Å². The summed E-state index contributed by atoms with van der Waals surface area (Å²) in [7, 11) is 0. The van der Waals surface area contributed by atoms with Gasteiger partial charge in [-0.05, 0) is 24.7 Å². The summed E-state index contributed by atoms with van der Waals surface area (Å²) in [6.45, 7) is 4.85. The second kappa shape index (κ2) is 7.14. The normalized spacial score (nSPS) is 11.7. The van der Waals surface area contributed by atoms with Gasteiger partial charge in [0.05, 0.1) is 21.7 Å². The Morgan fingerprint density at radius 2 is 1.61 bits per heavy atom. The summed E-state index contributed by atoms with van der Waals surface area (Å²) in [6, 6.07) is 3.25. The van der Waals surface area contributed by atoms with Gasteiger partial charge in [0.25, 0.3) is 0 Å². The van der Waals surface area contributed by atoms with Crippen LogP contribution in [0.4, 0.5) is 0 Å². The molecule has 0 radical (unpaired) electrons. The second-order valence-electron chi connectivity index (χ2n) is 4.35. The minimum Gasteiger partial charge on any atom is -0.491 e. The van der Waals surface area contributed by atoms with Gasteiger partial charge in [0.15, 0.2) is 0 Å². The van der Waals surface area contributed by atoms with Gasteiger partial charge in [-0.25, -0.2) is 0 Å². The number of thiol groups is 1. The zero-order valence-electron chi connectivity index (χ0n) is 10.5. The summed E-state index contributed by atoms with van der Waals surface area (Å²) in [5, 5.41) is 1.35. The van der Waals surface area contributed by atoms with Gasteiger partial charge in [-0.3, -0.25) is 0 Å². The van der Waals surface area contributed by atoms with Crippen molar-refractivity contribution in [2.45, 2.75) is 26.7 Å². The third-order valence-corrected chi connectivity index (χ3v) is 5.03. The van der Waals surface area contributed by atoms with Crippen molar-refractivity contribution in [3.8, 4) is 5.75 Å². The molecule has 102 valence electrons. The van der Waals surface area contributed by atoms with E-state index in [4.69, 9.17) is 39.5 Å². The first-order valence-electron chi connectivity index (χ1n) is 5.86. The van der Waals surface area contributed by atoms with Gasteiger partial charge in [0.2, 0.25) is 0 Å². The van der Waals surface area contributed by atoms with Crippen LogP contribution < -0.4 is 4.74 Å². The van der Waals surface area contributed by atoms with E-state index in [1.807, 2.05) is 0 Å². The number of ether oxygens (including phenoxy) is 1. The first-order chi connectivity index (χ1) is 8.48. The van der Waals surface area contributed by atoms with E-state index in [1.165, 1.54) is 0 Å². The Labute approximate surface area is 129 Å². The van der Waals surface area contributed by atoms with Crippen molar-refractivity contribution < 1.29 is 4.74 Å². The Kier molecular flexibility index (Phi) is 6.46. The number of hydrogen-bond acceptors (Lipinski definition) is 2. The van der Waals surface area contributed by atoms with Crippen LogP contribution >= 0.6 is 47.4 Å². The fourth-order valence-electron chi connectivity index (χ4n) is 1.57. The minimum absolute atomic E-state index is 0.0680. The van der Waals surface area contributed by atoms with Crippen molar-refractivity contribution in [2.24, 2.45) is 5.41 Å². The highest BCUT2D eigenvalue weighted by atomic mass is 35.5. The second-order valence-corrected chi connectivity index (χ2v) is 5.89. The van der Waals surface area contributed by atoms with Crippen molar-refractivity contribution in [1.29, 1.82) is 0 Å². The van der Waals surface area contributed by atoms with E-state index in [0.717, 1.165) is 18.6 Å². The molecule has 0 aliphatic heterocycles. The van der Waals surface area contributed by atoms with E-state index >= 15 is 0 Å². The lowest BCUT2D eigenvalue weighted by molar-refractivity contribution is 0.157. The molecular formula is C13H17Cl3OS. The van der Waals surface area contributed by atoms with Crippen molar-refractivity contribution in [3.63, 3.8) is 0 Å². The summed E-state index contributed by atoms with van der Waals surface area (Å²) < 4.78 is 5.79. The molecule has 0 amide bonds. The van der Waals surface area contributed by atoms with Gasteiger partial charge in [0.1, 0.15) is 5.75 Å². The molecule has 1 aromatic rings. The molecule has 0 atom stereocenters. The highest BCUT2D eigenvalue weighted by Crippen LogP contribution is 2.36. The van der Waals surface area contributed by atoms with Gasteiger partial charge >= 0.3 is 0 Å². The average Bonchev–Trinajstić information content (AvgIpc) is 2.37. The number of rotatable bonds is 6. The maximum atomic E-state index is 6.07. The minimum atomic E-state index is 0.0680.